The van der Waals surface area contributed by atoms with Gasteiger partial charge in [-0.3, -0.25) is 19.7 Å². The molecule has 0 radical (unpaired) electrons. The van der Waals surface area contributed by atoms with E-state index in [-0.39, 0.29) is 23.7 Å². The topological polar surface area (TPSA) is 113 Å². The molecule has 0 aromatic heterocycles. The van der Waals surface area contributed by atoms with Gasteiger partial charge in [0.05, 0.1) is 17.0 Å². The molecule has 0 aliphatic heterocycles. The quantitative estimate of drug-likeness (QED) is 0.510. The van der Waals surface area contributed by atoms with Crippen LogP contribution in [0.1, 0.15) is 23.7 Å². The highest BCUT2D eigenvalue weighted by atomic mass is 16.6. The van der Waals surface area contributed by atoms with Crippen LogP contribution in [0.4, 0.5) is 11.4 Å². The van der Waals surface area contributed by atoms with Gasteiger partial charge in [-0.2, -0.15) is 0 Å². The lowest BCUT2D eigenvalue weighted by molar-refractivity contribution is -0.384. The van der Waals surface area contributed by atoms with Crippen molar-refractivity contribution >= 4 is 23.2 Å². The maximum Gasteiger partial charge on any atom is 0.270 e. The molecule has 1 aromatic rings. The van der Waals surface area contributed by atoms with Crippen molar-refractivity contribution in [2.45, 2.75) is 13.3 Å². The zero-order valence-corrected chi connectivity index (χ0v) is 11.9. The molecule has 8 nitrogen and oxygen atoms in total. The highest BCUT2D eigenvalue weighted by Gasteiger charge is 2.16. The average Bonchev–Trinajstić information content (AvgIpc) is 2.49. The zero-order valence-electron chi connectivity index (χ0n) is 11.9. The maximum atomic E-state index is 12.0. The van der Waals surface area contributed by atoms with Gasteiger partial charge >= 0.3 is 0 Å². The van der Waals surface area contributed by atoms with E-state index in [0.29, 0.717) is 12.2 Å². The molecule has 0 unspecified atom stereocenters. The number of hydrogen-bond donors (Lipinski definition) is 3. The molecule has 0 fully saturated rings. The molecule has 1 rings (SSSR count). The van der Waals surface area contributed by atoms with Crippen molar-refractivity contribution in [3.05, 3.63) is 33.9 Å². The summed E-state index contributed by atoms with van der Waals surface area (Å²) in [6.45, 7) is 2.28. The Morgan fingerprint density at radius 2 is 2.00 bits per heavy atom. The summed E-state index contributed by atoms with van der Waals surface area (Å²) in [5.41, 5.74) is 0.386. The van der Waals surface area contributed by atoms with Crippen molar-refractivity contribution < 1.29 is 14.5 Å². The third-order valence-electron chi connectivity index (χ3n) is 2.71. The Kier molecular flexibility index (Phi) is 6.12. The molecular weight excluding hydrogens is 276 g/mol. The number of anilines is 1. The molecule has 0 bridgehead atoms. The summed E-state index contributed by atoms with van der Waals surface area (Å²) >= 11 is 0. The summed E-state index contributed by atoms with van der Waals surface area (Å²) in [4.78, 5) is 33.6. The maximum absolute atomic E-state index is 12.0. The summed E-state index contributed by atoms with van der Waals surface area (Å²) < 4.78 is 0. The van der Waals surface area contributed by atoms with Gasteiger partial charge in [-0.1, -0.05) is 6.92 Å². The van der Waals surface area contributed by atoms with Gasteiger partial charge in [0.1, 0.15) is 0 Å². The Morgan fingerprint density at radius 3 is 2.57 bits per heavy atom. The monoisotopic (exact) mass is 294 g/mol. The summed E-state index contributed by atoms with van der Waals surface area (Å²) in [5, 5.41) is 18.6. The molecule has 0 aliphatic rings. The fraction of sp³-hybridized carbons (Fsp3) is 0.385. The third kappa shape index (κ3) is 4.75. The summed E-state index contributed by atoms with van der Waals surface area (Å²) in [6.07, 6.45) is 0.800. The molecule has 3 N–H and O–H groups in total. The normalized spacial score (nSPS) is 9.81. The van der Waals surface area contributed by atoms with Crippen LogP contribution in [0, 0.1) is 10.1 Å². The molecule has 21 heavy (non-hydrogen) atoms. The van der Waals surface area contributed by atoms with Crippen molar-refractivity contribution in [3.8, 4) is 0 Å². The largest absolute Gasteiger partial charge is 0.387 e. The van der Waals surface area contributed by atoms with Gasteiger partial charge in [0, 0.05) is 31.4 Å². The second-order valence-electron chi connectivity index (χ2n) is 4.27. The number of non-ortho nitro benzene ring substituents is 1. The second kappa shape index (κ2) is 7.83. The van der Waals surface area contributed by atoms with Gasteiger partial charge in [0.25, 0.3) is 11.6 Å². The Morgan fingerprint density at radius 1 is 1.29 bits per heavy atom. The van der Waals surface area contributed by atoms with Crippen molar-refractivity contribution in [3.63, 3.8) is 0 Å². The Labute approximate surface area is 122 Å². The number of benzene rings is 1. The van der Waals surface area contributed by atoms with Gasteiger partial charge < -0.3 is 16.0 Å². The van der Waals surface area contributed by atoms with Gasteiger partial charge in [-0.05, 0) is 12.5 Å². The number of nitrogens with one attached hydrogen (secondary N) is 3. The minimum absolute atomic E-state index is 0.120. The van der Waals surface area contributed by atoms with Crippen LogP contribution in [0.25, 0.3) is 0 Å². The smallest absolute Gasteiger partial charge is 0.270 e. The van der Waals surface area contributed by atoms with Crippen LogP contribution in [-0.4, -0.2) is 36.9 Å². The van der Waals surface area contributed by atoms with E-state index in [0.717, 1.165) is 6.42 Å². The first-order valence-electron chi connectivity index (χ1n) is 6.50. The van der Waals surface area contributed by atoms with Gasteiger partial charge in [-0.25, -0.2) is 0 Å². The number of carbonyl (C=O) groups is 2. The highest BCUT2D eigenvalue weighted by Crippen LogP contribution is 2.21. The number of amides is 2. The lowest BCUT2D eigenvalue weighted by Gasteiger charge is -2.10. The van der Waals surface area contributed by atoms with E-state index in [9.17, 15) is 19.7 Å². The van der Waals surface area contributed by atoms with Crippen molar-refractivity contribution in [2.24, 2.45) is 0 Å². The SMILES string of the molecule is CCCNC(=O)CNC(=O)c1cc([N+](=O)[O-])ccc1NC. The van der Waals surface area contributed by atoms with Crippen LogP contribution in [0.2, 0.25) is 0 Å². The van der Waals surface area contributed by atoms with Crippen LogP contribution in [-0.2, 0) is 4.79 Å². The van der Waals surface area contributed by atoms with E-state index >= 15 is 0 Å². The van der Waals surface area contributed by atoms with Crippen LogP contribution in [0.3, 0.4) is 0 Å². The lowest BCUT2D eigenvalue weighted by atomic mass is 10.1. The predicted molar refractivity (Wildman–Crippen MR) is 78.3 cm³/mol. The molecule has 0 aliphatic carbocycles. The Bertz CT molecular complexity index is 545. The molecule has 1 aromatic carbocycles. The first-order chi connectivity index (χ1) is 9.99. The minimum atomic E-state index is -0.579. The molecular formula is C13H18N4O4. The van der Waals surface area contributed by atoms with Gasteiger partial charge in [0.2, 0.25) is 5.91 Å². The number of hydrogen-bond acceptors (Lipinski definition) is 5. The predicted octanol–water partition coefficient (Wildman–Crippen LogP) is 0.892. The third-order valence-corrected chi connectivity index (χ3v) is 2.71. The summed E-state index contributed by atoms with van der Waals surface area (Å²) in [7, 11) is 1.60. The van der Waals surface area contributed by atoms with Crippen LogP contribution >= 0.6 is 0 Å². The fourth-order valence-electron chi connectivity index (χ4n) is 1.63. The Balaban J connectivity index is 2.78. The number of nitrogens with zero attached hydrogens (tertiary/aromatic N) is 1. The standard InChI is InChI=1S/C13H18N4O4/c1-3-6-15-12(18)8-16-13(19)10-7-9(17(20)21)4-5-11(10)14-2/h4-5,7,14H,3,6,8H2,1-2H3,(H,15,18)(H,16,19). The molecule has 0 atom stereocenters. The summed E-state index contributed by atoms with van der Waals surface area (Å²) in [6, 6.07) is 3.92. The molecule has 8 heteroatoms. The van der Waals surface area contributed by atoms with Gasteiger partial charge in [0.15, 0.2) is 0 Å². The highest BCUT2D eigenvalue weighted by molar-refractivity contribution is 6.01. The Hall–Kier alpha value is -2.64. The minimum Gasteiger partial charge on any atom is -0.387 e. The first-order valence-corrected chi connectivity index (χ1v) is 6.50. The second-order valence-corrected chi connectivity index (χ2v) is 4.27. The number of nitro benzene ring substituents is 1. The van der Waals surface area contributed by atoms with E-state index in [2.05, 4.69) is 16.0 Å². The van der Waals surface area contributed by atoms with Crippen molar-refractivity contribution in [1.29, 1.82) is 0 Å². The van der Waals surface area contributed by atoms with E-state index in [1.54, 1.807) is 7.05 Å². The molecule has 114 valence electrons. The van der Waals surface area contributed by atoms with Crippen molar-refractivity contribution in [2.75, 3.05) is 25.5 Å². The first kappa shape index (κ1) is 16.4. The van der Waals surface area contributed by atoms with Crippen molar-refractivity contribution in [1.82, 2.24) is 10.6 Å². The van der Waals surface area contributed by atoms with E-state index in [1.807, 2.05) is 6.92 Å². The molecule has 0 spiro atoms. The van der Waals surface area contributed by atoms with Gasteiger partial charge in [-0.15, -0.1) is 0 Å². The van der Waals surface area contributed by atoms with E-state index in [1.165, 1.54) is 18.2 Å². The van der Waals surface area contributed by atoms with Crippen LogP contribution in [0.5, 0.6) is 0 Å². The van der Waals surface area contributed by atoms with E-state index < -0.39 is 10.8 Å². The molecule has 0 heterocycles. The number of nitro groups is 1. The lowest BCUT2D eigenvalue weighted by Crippen LogP contribution is -2.37. The molecule has 2 amide bonds. The van der Waals surface area contributed by atoms with Crippen LogP contribution in [0.15, 0.2) is 18.2 Å². The average molecular weight is 294 g/mol. The fourth-order valence-corrected chi connectivity index (χ4v) is 1.63. The number of carbonyl (C=O) groups excluding carboxylic acids is 2. The van der Waals surface area contributed by atoms with Crippen LogP contribution < -0.4 is 16.0 Å². The number of rotatable bonds is 7. The molecule has 0 saturated carbocycles. The zero-order chi connectivity index (χ0) is 15.8. The summed E-state index contributed by atoms with van der Waals surface area (Å²) in [5.74, 6) is -0.851. The van der Waals surface area contributed by atoms with E-state index in [4.69, 9.17) is 0 Å². The molecule has 0 saturated heterocycles.